The van der Waals surface area contributed by atoms with Crippen molar-refractivity contribution in [3.05, 3.63) is 65.7 Å². The summed E-state index contributed by atoms with van der Waals surface area (Å²) in [6.07, 6.45) is -3.80. The first kappa shape index (κ1) is 24.2. The molecule has 0 radical (unpaired) electrons. The Hall–Kier alpha value is -2.92. The number of alkyl halides is 3. The van der Waals surface area contributed by atoms with E-state index in [9.17, 15) is 31.2 Å². The van der Waals surface area contributed by atoms with Crippen LogP contribution in [-0.2, 0) is 25.7 Å². The quantitative estimate of drug-likeness (QED) is 0.668. The number of amides is 2. The third-order valence-corrected chi connectivity index (χ3v) is 7.72. The van der Waals surface area contributed by atoms with E-state index >= 15 is 0 Å². The molecule has 1 heterocycles. The van der Waals surface area contributed by atoms with E-state index in [4.69, 9.17) is 4.74 Å². The van der Waals surface area contributed by atoms with E-state index in [1.54, 1.807) is 0 Å². The number of nitrogens with one attached hydrogen (secondary N) is 1. The summed E-state index contributed by atoms with van der Waals surface area (Å²) in [5, 5.41) is 0. The van der Waals surface area contributed by atoms with Gasteiger partial charge in [-0.3, -0.25) is 4.79 Å². The fourth-order valence-electron chi connectivity index (χ4n) is 4.35. The van der Waals surface area contributed by atoms with E-state index in [0.29, 0.717) is 25.7 Å². The Balaban J connectivity index is 1.37. The molecule has 0 bridgehead atoms. The number of sulfonamides is 1. The van der Waals surface area contributed by atoms with Crippen LogP contribution in [0.1, 0.15) is 42.9 Å². The second kappa shape index (κ2) is 9.38. The van der Waals surface area contributed by atoms with Gasteiger partial charge in [-0.05, 0) is 55.5 Å². The Morgan fingerprint density at radius 3 is 2.18 bits per heavy atom. The van der Waals surface area contributed by atoms with E-state index < -0.39 is 45.9 Å². The van der Waals surface area contributed by atoms with Crippen LogP contribution in [-0.4, -0.2) is 38.0 Å². The van der Waals surface area contributed by atoms with Gasteiger partial charge in [0.25, 0.3) is 0 Å². The number of cyclic esters (lactones) is 1. The molecule has 2 fully saturated rings. The van der Waals surface area contributed by atoms with Crippen molar-refractivity contribution in [2.75, 3.05) is 6.61 Å². The number of ether oxygens (including phenoxy) is 1. The second-order valence-electron chi connectivity index (χ2n) is 8.40. The van der Waals surface area contributed by atoms with Gasteiger partial charge in [0.2, 0.25) is 15.9 Å². The van der Waals surface area contributed by atoms with Crippen LogP contribution in [0.5, 0.6) is 0 Å². The lowest BCUT2D eigenvalue weighted by Crippen LogP contribution is -2.43. The maximum Gasteiger partial charge on any atom is 0.417 e. The molecule has 4 rings (SSSR count). The third-order valence-electron chi connectivity index (χ3n) is 6.19. The van der Waals surface area contributed by atoms with Crippen LogP contribution >= 0.6 is 0 Å². The zero-order chi connectivity index (χ0) is 24.5. The van der Waals surface area contributed by atoms with Crippen molar-refractivity contribution in [2.45, 2.75) is 48.8 Å². The lowest BCUT2D eigenvalue weighted by Gasteiger charge is -2.31. The average Bonchev–Trinajstić information content (AvgIpc) is 3.20. The van der Waals surface area contributed by atoms with Crippen molar-refractivity contribution in [3.63, 3.8) is 0 Å². The Morgan fingerprint density at radius 1 is 0.971 bits per heavy atom. The van der Waals surface area contributed by atoms with Crippen molar-refractivity contribution in [3.8, 4) is 0 Å². The van der Waals surface area contributed by atoms with Gasteiger partial charge in [-0.1, -0.05) is 30.3 Å². The summed E-state index contributed by atoms with van der Waals surface area (Å²) in [6.45, 7) is 0.0802. The number of halogens is 3. The van der Waals surface area contributed by atoms with E-state index in [2.05, 4.69) is 4.72 Å². The largest absolute Gasteiger partial charge is 0.446 e. The zero-order valence-corrected chi connectivity index (χ0v) is 18.8. The minimum absolute atomic E-state index is 0.0802. The van der Waals surface area contributed by atoms with Crippen molar-refractivity contribution >= 4 is 22.0 Å². The first-order chi connectivity index (χ1) is 16.1. The molecule has 7 nitrogen and oxygen atoms in total. The fourth-order valence-corrected chi connectivity index (χ4v) is 5.66. The number of rotatable bonds is 5. The SMILES string of the molecule is O=C1OCC(c2ccccc2)N1C(=O)C1CCC(NS(=O)(=O)c2ccc(C(F)(F)F)cc2)CC1. The minimum atomic E-state index is -4.55. The molecule has 1 aliphatic carbocycles. The minimum Gasteiger partial charge on any atom is -0.446 e. The maximum atomic E-state index is 13.1. The molecule has 0 aromatic heterocycles. The van der Waals surface area contributed by atoms with E-state index in [0.717, 1.165) is 34.7 Å². The predicted octanol–water partition coefficient (Wildman–Crippen LogP) is 4.26. The van der Waals surface area contributed by atoms with Gasteiger partial charge < -0.3 is 4.74 Å². The molecule has 2 aliphatic rings. The van der Waals surface area contributed by atoms with Gasteiger partial charge in [0.05, 0.1) is 10.5 Å². The molecule has 2 aromatic carbocycles. The molecule has 1 saturated heterocycles. The number of hydrogen-bond donors (Lipinski definition) is 1. The van der Waals surface area contributed by atoms with Crippen molar-refractivity contribution < 1.29 is 35.9 Å². The molecule has 11 heteroatoms. The summed E-state index contributed by atoms with van der Waals surface area (Å²) in [5.41, 5.74) is -0.139. The lowest BCUT2D eigenvalue weighted by molar-refractivity contribution is -0.137. The van der Waals surface area contributed by atoms with Gasteiger partial charge in [0.15, 0.2) is 0 Å². The summed E-state index contributed by atoms with van der Waals surface area (Å²) in [5.74, 6) is -0.802. The number of hydrogen-bond acceptors (Lipinski definition) is 5. The Bertz CT molecular complexity index is 1150. The van der Waals surface area contributed by atoms with Gasteiger partial charge in [-0.2, -0.15) is 13.2 Å². The summed E-state index contributed by atoms with van der Waals surface area (Å²) in [6, 6.07) is 11.4. The maximum absolute atomic E-state index is 13.1. The van der Waals surface area contributed by atoms with Crippen molar-refractivity contribution in [2.24, 2.45) is 5.92 Å². The number of carbonyl (C=O) groups is 2. The summed E-state index contributed by atoms with van der Waals surface area (Å²) < 4.78 is 71.0. The van der Waals surface area contributed by atoms with Crippen molar-refractivity contribution in [1.82, 2.24) is 9.62 Å². The molecule has 2 amide bonds. The van der Waals surface area contributed by atoms with Crippen LogP contribution in [0.15, 0.2) is 59.5 Å². The summed E-state index contributed by atoms with van der Waals surface area (Å²) in [4.78, 5) is 26.3. The van der Waals surface area contributed by atoms with E-state index in [1.807, 2.05) is 30.3 Å². The number of carbonyl (C=O) groups excluding carboxylic acids is 2. The highest BCUT2D eigenvalue weighted by atomic mass is 32.2. The standard InChI is InChI=1S/C23H23F3N2O5S/c24-23(25,26)17-8-12-19(13-9-17)34(31,32)27-18-10-6-16(7-11-18)21(29)28-20(14-33-22(28)30)15-4-2-1-3-5-15/h1-5,8-9,12-13,16,18,20,27H,6-7,10-11,14H2. The number of benzene rings is 2. The van der Waals surface area contributed by atoms with E-state index in [-0.39, 0.29) is 17.4 Å². The van der Waals surface area contributed by atoms with Crippen LogP contribution in [0.4, 0.5) is 18.0 Å². The van der Waals surface area contributed by atoms with Gasteiger partial charge in [-0.25, -0.2) is 22.8 Å². The normalized spacial score (nSPS) is 23.6. The lowest BCUT2D eigenvalue weighted by atomic mass is 9.85. The molecule has 2 aromatic rings. The Labute approximate surface area is 194 Å². The highest BCUT2D eigenvalue weighted by molar-refractivity contribution is 7.89. The molecule has 34 heavy (non-hydrogen) atoms. The monoisotopic (exact) mass is 496 g/mol. The van der Waals surface area contributed by atoms with Crippen LogP contribution in [0.3, 0.4) is 0 Å². The van der Waals surface area contributed by atoms with Gasteiger partial charge >= 0.3 is 12.3 Å². The Kier molecular flexibility index (Phi) is 6.68. The summed E-state index contributed by atoms with van der Waals surface area (Å²) >= 11 is 0. The van der Waals surface area contributed by atoms with E-state index in [1.165, 1.54) is 0 Å². The first-order valence-electron chi connectivity index (χ1n) is 10.8. The Morgan fingerprint density at radius 2 is 1.59 bits per heavy atom. The summed E-state index contributed by atoms with van der Waals surface area (Å²) in [7, 11) is -4.02. The van der Waals surface area contributed by atoms with Crippen LogP contribution in [0.2, 0.25) is 0 Å². The van der Waals surface area contributed by atoms with Crippen LogP contribution in [0, 0.1) is 5.92 Å². The highest BCUT2D eigenvalue weighted by Crippen LogP contribution is 2.34. The molecule has 1 atom stereocenters. The number of imide groups is 1. The van der Waals surface area contributed by atoms with Crippen molar-refractivity contribution in [1.29, 1.82) is 0 Å². The van der Waals surface area contributed by atoms with Gasteiger partial charge in [-0.15, -0.1) is 0 Å². The molecule has 1 aliphatic heterocycles. The molecule has 1 N–H and O–H groups in total. The first-order valence-corrected chi connectivity index (χ1v) is 12.3. The molecule has 1 saturated carbocycles. The molecular weight excluding hydrogens is 473 g/mol. The van der Waals surface area contributed by atoms with Crippen LogP contribution < -0.4 is 4.72 Å². The predicted molar refractivity (Wildman–Crippen MR) is 115 cm³/mol. The molecular formula is C23H23F3N2O5S. The van der Waals surface area contributed by atoms with Gasteiger partial charge in [0.1, 0.15) is 12.6 Å². The third kappa shape index (κ3) is 5.10. The average molecular weight is 497 g/mol. The highest BCUT2D eigenvalue weighted by Gasteiger charge is 2.42. The smallest absolute Gasteiger partial charge is 0.417 e. The number of nitrogens with zero attached hydrogens (tertiary/aromatic N) is 1. The zero-order valence-electron chi connectivity index (χ0n) is 18.0. The second-order valence-corrected chi connectivity index (χ2v) is 10.1. The topological polar surface area (TPSA) is 92.8 Å². The van der Waals surface area contributed by atoms with Gasteiger partial charge in [0, 0.05) is 12.0 Å². The van der Waals surface area contributed by atoms with Crippen LogP contribution in [0.25, 0.3) is 0 Å². The molecule has 0 spiro atoms. The molecule has 1 unspecified atom stereocenters. The fraction of sp³-hybridized carbons (Fsp3) is 0.391. The molecule has 182 valence electrons.